The molecule has 22 heavy (non-hydrogen) atoms. The van der Waals surface area contributed by atoms with Gasteiger partial charge < -0.3 is 23.8 Å². The second-order valence-electron chi connectivity index (χ2n) is 4.92. The predicted molar refractivity (Wildman–Crippen MR) is 79.6 cm³/mol. The first-order valence-corrected chi connectivity index (χ1v) is 6.47. The summed E-state index contributed by atoms with van der Waals surface area (Å²) in [5.41, 5.74) is 0.591. The van der Waals surface area contributed by atoms with Crippen molar-refractivity contribution < 1.29 is 23.8 Å². The number of aromatic hydroxyl groups is 2. The van der Waals surface area contributed by atoms with E-state index in [-0.39, 0.29) is 11.7 Å². The van der Waals surface area contributed by atoms with Crippen molar-refractivity contribution in [3.63, 3.8) is 0 Å². The van der Waals surface area contributed by atoms with Crippen molar-refractivity contribution in [2.45, 2.75) is 0 Å². The molecule has 6 nitrogen and oxygen atoms in total. The number of hydrogen-bond acceptors (Lipinski definition) is 6. The molecule has 0 atom stereocenters. The van der Waals surface area contributed by atoms with Gasteiger partial charge in [-0.25, -0.2) is 0 Å². The summed E-state index contributed by atoms with van der Waals surface area (Å²) in [6.45, 7) is 0. The van der Waals surface area contributed by atoms with E-state index < -0.39 is 5.43 Å². The van der Waals surface area contributed by atoms with Crippen molar-refractivity contribution in [1.29, 1.82) is 0 Å². The molecular formula is C16H10O6. The molecule has 2 aromatic heterocycles. The highest BCUT2D eigenvalue weighted by Crippen LogP contribution is 2.38. The minimum atomic E-state index is -0.536. The number of rotatable bonds is 1. The molecule has 0 aliphatic carbocycles. The van der Waals surface area contributed by atoms with Gasteiger partial charge in [0, 0.05) is 35.0 Å². The molecule has 0 saturated carbocycles. The average Bonchev–Trinajstić information content (AvgIpc) is 2.48. The average molecular weight is 298 g/mol. The normalized spacial score (nSPS) is 11.5. The van der Waals surface area contributed by atoms with Crippen molar-refractivity contribution in [3.05, 3.63) is 40.6 Å². The van der Waals surface area contributed by atoms with Gasteiger partial charge in [-0.1, -0.05) is 0 Å². The van der Waals surface area contributed by atoms with Gasteiger partial charge in [-0.3, -0.25) is 4.79 Å². The quantitative estimate of drug-likeness (QED) is 0.414. The molecule has 2 aromatic carbocycles. The highest BCUT2D eigenvalue weighted by atomic mass is 16.5. The number of phenolic OH excluding ortho intramolecular Hbond substituents is 1. The van der Waals surface area contributed by atoms with Crippen LogP contribution in [0, 0.1) is 0 Å². The zero-order chi connectivity index (χ0) is 15.4. The lowest BCUT2D eigenvalue weighted by molar-refractivity contribution is 0.340. The maximum absolute atomic E-state index is 11.6. The van der Waals surface area contributed by atoms with Crippen LogP contribution in [0.2, 0.25) is 0 Å². The van der Waals surface area contributed by atoms with E-state index in [1.54, 1.807) is 12.1 Å². The molecule has 4 aromatic rings. The molecule has 2 N–H and O–H groups in total. The smallest absolute Gasteiger partial charge is 0.282 e. The molecule has 0 bridgehead atoms. The van der Waals surface area contributed by atoms with Gasteiger partial charge in [0.2, 0.25) is 5.43 Å². The van der Waals surface area contributed by atoms with Gasteiger partial charge in [0.15, 0.2) is 5.75 Å². The zero-order valence-corrected chi connectivity index (χ0v) is 11.4. The molecule has 110 valence electrons. The van der Waals surface area contributed by atoms with Crippen molar-refractivity contribution in [3.8, 4) is 17.4 Å². The van der Waals surface area contributed by atoms with Gasteiger partial charge in [0.25, 0.3) is 5.95 Å². The van der Waals surface area contributed by atoms with Crippen LogP contribution in [-0.4, -0.2) is 17.3 Å². The second kappa shape index (κ2) is 4.17. The van der Waals surface area contributed by atoms with Gasteiger partial charge in [-0.05, 0) is 6.07 Å². The lowest BCUT2D eigenvalue weighted by Gasteiger charge is -2.10. The van der Waals surface area contributed by atoms with E-state index in [0.717, 1.165) is 0 Å². The molecule has 4 rings (SSSR count). The second-order valence-corrected chi connectivity index (χ2v) is 4.92. The third kappa shape index (κ3) is 1.64. The van der Waals surface area contributed by atoms with Crippen LogP contribution in [0.1, 0.15) is 0 Å². The fourth-order valence-corrected chi connectivity index (χ4v) is 2.62. The first kappa shape index (κ1) is 12.6. The van der Waals surface area contributed by atoms with Crippen molar-refractivity contribution >= 4 is 32.9 Å². The van der Waals surface area contributed by atoms with Crippen LogP contribution in [0.25, 0.3) is 32.9 Å². The van der Waals surface area contributed by atoms with Crippen molar-refractivity contribution in [2.24, 2.45) is 0 Å². The minimum Gasteiger partial charge on any atom is -0.504 e. The number of hydrogen-bond donors (Lipinski definition) is 2. The van der Waals surface area contributed by atoms with Gasteiger partial charge in [0.05, 0.1) is 12.5 Å². The summed E-state index contributed by atoms with van der Waals surface area (Å²) in [6.07, 6.45) is 0. The molecule has 6 heteroatoms. The van der Waals surface area contributed by atoms with E-state index in [2.05, 4.69) is 0 Å². The molecule has 0 unspecified atom stereocenters. The van der Waals surface area contributed by atoms with Crippen LogP contribution < -0.4 is 10.2 Å². The lowest BCUT2D eigenvalue weighted by Crippen LogP contribution is -1.97. The Morgan fingerprint density at radius 1 is 0.909 bits per heavy atom. The summed E-state index contributed by atoms with van der Waals surface area (Å²) in [4.78, 5) is 11.6. The van der Waals surface area contributed by atoms with E-state index in [1.165, 1.54) is 25.3 Å². The fraction of sp³-hybridized carbons (Fsp3) is 0.0625. The van der Waals surface area contributed by atoms with Crippen LogP contribution in [0.4, 0.5) is 0 Å². The van der Waals surface area contributed by atoms with E-state index >= 15 is 0 Å². The summed E-state index contributed by atoms with van der Waals surface area (Å²) >= 11 is 0. The predicted octanol–water partition coefficient (Wildman–Crippen LogP) is 3.11. The van der Waals surface area contributed by atoms with Gasteiger partial charge in [-0.15, -0.1) is 0 Å². The Balaban J connectivity index is 2.33. The van der Waals surface area contributed by atoms with Crippen molar-refractivity contribution in [1.82, 2.24) is 0 Å². The highest BCUT2D eigenvalue weighted by Gasteiger charge is 2.16. The van der Waals surface area contributed by atoms with Crippen LogP contribution >= 0.6 is 0 Å². The monoisotopic (exact) mass is 298 g/mol. The molecule has 0 spiro atoms. The zero-order valence-electron chi connectivity index (χ0n) is 11.4. The molecule has 0 saturated heterocycles. The molecule has 0 radical (unpaired) electrons. The van der Waals surface area contributed by atoms with Crippen LogP contribution in [0.5, 0.6) is 17.4 Å². The van der Waals surface area contributed by atoms with Gasteiger partial charge in [-0.2, -0.15) is 0 Å². The first-order valence-electron chi connectivity index (χ1n) is 6.47. The van der Waals surface area contributed by atoms with Crippen molar-refractivity contribution in [2.75, 3.05) is 7.11 Å². The van der Waals surface area contributed by atoms with E-state index in [0.29, 0.717) is 38.7 Å². The Morgan fingerprint density at radius 2 is 1.64 bits per heavy atom. The molecule has 0 aliphatic heterocycles. The van der Waals surface area contributed by atoms with E-state index in [4.69, 9.17) is 13.6 Å². The number of fused-ring (bicyclic) bond motifs is 2. The third-order valence-electron chi connectivity index (χ3n) is 3.60. The summed E-state index contributed by atoms with van der Waals surface area (Å²) in [6, 6.07) is 7.24. The Labute approximate surface area is 122 Å². The minimum absolute atomic E-state index is 0.291. The Hall–Kier alpha value is -3.15. The number of ether oxygens (including phenoxy) is 1. The van der Waals surface area contributed by atoms with Gasteiger partial charge >= 0.3 is 0 Å². The molecule has 0 fully saturated rings. The number of phenols is 1. The van der Waals surface area contributed by atoms with E-state index in [9.17, 15) is 15.0 Å². The number of benzene rings is 2. The fourth-order valence-electron chi connectivity index (χ4n) is 2.62. The Kier molecular flexibility index (Phi) is 2.39. The van der Waals surface area contributed by atoms with Crippen LogP contribution in [0.3, 0.4) is 0 Å². The Bertz CT molecular complexity index is 1100. The molecule has 0 aliphatic rings. The summed E-state index contributed by atoms with van der Waals surface area (Å²) in [5, 5.41) is 21.2. The van der Waals surface area contributed by atoms with E-state index in [1.807, 2.05) is 0 Å². The maximum atomic E-state index is 11.6. The van der Waals surface area contributed by atoms with Crippen LogP contribution in [0.15, 0.2) is 44.0 Å². The number of methoxy groups -OCH3 is 1. The first-order chi connectivity index (χ1) is 10.6. The summed E-state index contributed by atoms with van der Waals surface area (Å²) in [7, 11) is 1.50. The lowest BCUT2D eigenvalue weighted by atomic mass is 10.1. The molecule has 2 heterocycles. The Morgan fingerprint density at radius 3 is 2.36 bits per heavy atom. The summed E-state index contributed by atoms with van der Waals surface area (Å²) in [5.74, 6) is -0.180. The standard InChI is InChI=1S/C16H10O6/c1-20-7-2-13-16-9(5-15(19)22-14(16)3-7)8-4-10(17)11(18)6-12(8)21-13/h2-6,17,19H,1H3. The largest absolute Gasteiger partial charge is 0.504 e. The topological polar surface area (TPSA) is 93.0 Å². The highest BCUT2D eigenvalue weighted by molar-refractivity contribution is 6.16. The molecule has 0 amide bonds. The third-order valence-corrected chi connectivity index (χ3v) is 3.60. The summed E-state index contributed by atoms with van der Waals surface area (Å²) < 4.78 is 16.2. The van der Waals surface area contributed by atoms with Crippen LogP contribution in [-0.2, 0) is 0 Å². The molecular weight excluding hydrogens is 288 g/mol. The SMILES string of the molecule is COc1cc2oc(O)cc3c4cc(O)c(=O)cc4oc(c1)c23. The van der Waals surface area contributed by atoms with Gasteiger partial charge in [0.1, 0.15) is 22.5 Å². The maximum Gasteiger partial charge on any atom is 0.282 e.